The molecule has 0 aliphatic carbocycles. The first-order valence-corrected chi connectivity index (χ1v) is 10.6. The molecular formula is C22H26N2O6S. The Balaban J connectivity index is 1.91. The third-order valence-electron chi connectivity index (χ3n) is 5.31. The van der Waals surface area contributed by atoms with Gasteiger partial charge in [0.2, 0.25) is 0 Å². The fourth-order valence-electron chi connectivity index (χ4n) is 3.91. The summed E-state index contributed by atoms with van der Waals surface area (Å²) in [5, 5.41) is 11.9. The van der Waals surface area contributed by atoms with Crippen LogP contribution in [0.15, 0.2) is 43.5 Å². The second-order valence-corrected chi connectivity index (χ2v) is 9.75. The van der Waals surface area contributed by atoms with E-state index in [4.69, 9.17) is 9.47 Å². The average Bonchev–Trinajstić information content (AvgIpc) is 2.99. The highest BCUT2D eigenvalue weighted by atomic mass is 32.2. The number of hydrogen-bond acceptors (Lipinski definition) is 6. The zero-order chi connectivity index (χ0) is 23.0. The Labute approximate surface area is 185 Å². The van der Waals surface area contributed by atoms with E-state index in [0.29, 0.717) is 0 Å². The van der Waals surface area contributed by atoms with Crippen LogP contribution in [0.4, 0.5) is 0 Å². The molecule has 0 aromatic heterocycles. The number of aliphatic carboxylic acids is 1. The fourth-order valence-corrected chi connectivity index (χ4v) is 5.55. The maximum atomic E-state index is 13.3. The lowest BCUT2D eigenvalue weighted by atomic mass is 9.86. The second kappa shape index (κ2) is 8.30. The summed E-state index contributed by atoms with van der Waals surface area (Å²) < 4.78 is 10.6. The molecule has 3 rings (SSSR count). The first-order valence-electron chi connectivity index (χ1n) is 9.74. The van der Waals surface area contributed by atoms with E-state index in [9.17, 15) is 19.5 Å². The van der Waals surface area contributed by atoms with Crippen molar-refractivity contribution in [2.75, 3.05) is 13.2 Å². The van der Waals surface area contributed by atoms with Crippen molar-refractivity contribution >= 4 is 29.5 Å². The predicted molar refractivity (Wildman–Crippen MR) is 117 cm³/mol. The number of carbonyl (C=O) groups is 3. The van der Waals surface area contributed by atoms with Gasteiger partial charge >= 0.3 is 5.97 Å². The molecule has 2 fully saturated rings. The summed E-state index contributed by atoms with van der Waals surface area (Å²) in [6, 6.07) is 3.99. The van der Waals surface area contributed by atoms with E-state index >= 15 is 0 Å². The van der Waals surface area contributed by atoms with E-state index in [2.05, 4.69) is 18.5 Å². The molecule has 0 bridgehead atoms. The van der Waals surface area contributed by atoms with Gasteiger partial charge in [-0.3, -0.25) is 9.59 Å². The van der Waals surface area contributed by atoms with Crippen molar-refractivity contribution in [3.8, 4) is 11.5 Å². The van der Waals surface area contributed by atoms with Crippen molar-refractivity contribution in [2.24, 2.45) is 0 Å². The molecule has 1 aromatic carbocycles. The average molecular weight is 447 g/mol. The van der Waals surface area contributed by atoms with Crippen molar-refractivity contribution in [1.82, 2.24) is 10.2 Å². The largest absolute Gasteiger partial charge is 0.489 e. The number of nitrogens with zero attached hydrogens (tertiary/aromatic N) is 1. The van der Waals surface area contributed by atoms with Crippen molar-refractivity contribution in [1.29, 1.82) is 0 Å². The summed E-state index contributed by atoms with van der Waals surface area (Å²) in [6.45, 7) is 12.8. The van der Waals surface area contributed by atoms with Gasteiger partial charge in [0.15, 0.2) is 0 Å². The number of carboxylic acid groups (broad SMARTS) is 1. The van der Waals surface area contributed by atoms with Crippen LogP contribution in [-0.4, -0.2) is 62.7 Å². The maximum Gasteiger partial charge on any atom is 0.327 e. The van der Waals surface area contributed by atoms with Crippen LogP contribution in [0.1, 0.15) is 31.1 Å². The number of hydrogen-bond donors (Lipinski definition) is 2. The fraction of sp³-hybridized carbons (Fsp3) is 0.409. The highest BCUT2D eigenvalue weighted by Gasteiger charge is 2.70. The molecule has 2 saturated heterocycles. The van der Waals surface area contributed by atoms with Crippen molar-refractivity contribution in [3.05, 3.63) is 49.1 Å². The van der Waals surface area contributed by atoms with Gasteiger partial charge in [0.1, 0.15) is 47.2 Å². The minimum atomic E-state index is -1.26. The highest BCUT2D eigenvalue weighted by Crippen LogP contribution is 2.54. The second-order valence-electron chi connectivity index (χ2n) is 8.01. The van der Waals surface area contributed by atoms with E-state index in [-0.39, 0.29) is 30.3 Å². The quantitative estimate of drug-likeness (QED) is 0.443. The summed E-state index contributed by atoms with van der Waals surface area (Å²) >= 11 is 1.36. The maximum absolute atomic E-state index is 13.3. The first-order chi connectivity index (χ1) is 14.6. The molecule has 2 amide bonds. The molecule has 0 spiro atoms. The van der Waals surface area contributed by atoms with E-state index in [1.165, 1.54) is 16.7 Å². The Kier molecular flexibility index (Phi) is 6.09. The van der Waals surface area contributed by atoms with Crippen LogP contribution in [-0.2, 0) is 9.59 Å². The number of nitrogens with one attached hydrogen (secondary N) is 1. The number of carboxylic acids is 1. The third-order valence-corrected chi connectivity index (χ3v) is 7.07. The Bertz CT molecular complexity index is 916. The lowest BCUT2D eigenvalue weighted by Gasteiger charge is -2.51. The number of benzene rings is 1. The van der Waals surface area contributed by atoms with Crippen LogP contribution in [0.3, 0.4) is 0 Å². The summed E-state index contributed by atoms with van der Waals surface area (Å²) in [5.74, 6) is -1.48. The Hall–Kier alpha value is -2.94. The normalized spacial score (nSPS) is 25.8. The van der Waals surface area contributed by atoms with Crippen LogP contribution in [0.2, 0.25) is 0 Å². The molecule has 2 aliphatic rings. The Morgan fingerprint density at radius 2 is 1.74 bits per heavy atom. The zero-order valence-electron chi connectivity index (χ0n) is 17.7. The molecule has 2 N–H and O–H groups in total. The van der Waals surface area contributed by atoms with Crippen LogP contribution in [0.25, 0.3) is 0 Å². The molecule has 2 aliphatic heterocycles. The van der Waals surface area contributed by atoms with E-state index in [0.717, 1.165) is 0 Å². The number of β-lactam (4-membered cyclic amide) rings is 1. The number of fused-ring (bicyclic) bond motifs is 1. The van der Waals surface area contributed by atoms with Gasteiger partial charge < -0.3 is 24.8 Å². The number of thioether (sulfide) groups is 1. The van der Waals surface area contributed by atoms with Gasteiger partial charge in [-0.1, -0.05) is 31.4 Å². The van der Waals surface area contributed by atoms with Crippen LogP contribution < -0.4 is 14.8 Å². The molecular weight excluding hydrogens is 420 g/mol. The van der Waals surface area contributed by atoms with Crippen molar-refractivity contribution < 1.29 is 29.0 Å². The lowest BCUT2D eigenvalue weighted by molar-refractivity contribution is -0.165. The molecule has 31 heavy (non-hydrogen) atoms. The zero-order valence-corrected chi connectivity index (χ0v) is 18.5. The summed E-state index contributed by atoms with van der Waals surface area (Å²) in [7, 11) is 0. The number of rotatable bonds is 9. The van der Waals surface area contributed by atoms with Crippen LogP contribution in [0.5, 0.6) is 11.5 Å². The number of ether oxygens (including phenoxy) is 2. The summed E-state index contributed by atoms with van der Waals surface area (Å²) in [5.41, 5.74) is -1.11. The van der Waals surface area contributed by atoms with Crippen molar-refractivity contribution in [3.63, 3.8) is 0 Å². The molecule has 0 unspecified atom stereocenters. The van der Waals surface area contributed by atoms with E-state index in [1.807, 2.05) is 0 Å². The summed E-state index contributed by atoms with van der Waals surface area (Å²) in [4.78, 5) is 39.4. The number of amides is 2. The van der Waals surface area contributed by atoms with E-state index < -0.39 is 39.5 Å². The minimum Gasteiger partial charge on any atom is -0.489 e. The Morgan fingerprint density at radius 1 is 1.19 bits per heavy atom. The molecule has 8 nitrogen and oxygen atoms in total. The topological polar surface area (TPSA) is 105 Å². The standard InChI is InChI=1S/C22H26N2O6S/c1-6-11-29-13-9-8-10-14(30-12-7-2)15(13)17(25)23-22(5)19(28)24-16(18(26)27)21(3,4)31-20(22)24/h6-10,16,20H,1-2,11-12H2,3-5H3,(H,23,25)(H,26,27)/t16-,20+,22-/m0/s1. The molecule has 166 valence electrons. The summed E-state index contributed by atoms with van der Waals surface area (Å²) in [6.07, 6.45) is 3.10. The van der Waals surface area contributed by atoms with Crippen LogP contribution >= 0.6 is 11.8 Å². The number of carbonyl (C=O) groups excluding carboxylic acids is 2. The van der Waals surface area contributed by atoms with Gasteiger partial charge in [0.25, 0.3) is 11.8 Å². The highest BCUT2D eigenvalue weighted by molar-refractivity contribution is 8.01. The molecule has 0 radical (unpaired) electrons. The molecule has 1 aromatic rings. The molecule has 3 atom stereocenters. The van der Waals surface area contributed by atoms with Gasteiger partial charge in [-0.25, -0.2) is 4.79 Å². The smallest absolute Gasteiger partial charge is 0.327 e. The lowest BCUT2D eigenvalue weighted by Crippen LogP contribution is -2.78. The van der Waals surface area contributed by atoms with Gasteiger partial charge in [-0.15, -0.1) is 11.8 Å². The molecule has 2 heterocycles. The predicted octanol–water partition coefficient (Wildman–Crippen LogP) is 2.45. The minimum absolute atomic E-state index is 0.149. The SMILES string of the molecule is C=CCOc1cccc(OCC=C)c1C(=O)N[C@@]1(C)C(=O)N2[C@@H](C(=O)O)C(C)(C)S[C@@H]21. The van der Waals surface area contributed by atoms with Gasteiger partial charge in [0, 0.05) is 4.75 Å². The van der Waals surface area contributed by atoms with Gasteiger partial charge in [0.05, 0.1) is 0 Å². The molecule has 9 heteroatoms. The van der Waals surface area contributed by atoms with Gasteiger partial charge in [-0.05, 0) is 32.9 Å². The third kappa shape index (κ3) is 3.78. The van der Waals surface area contributed by atoms with Crippen molar-refractivity contribution in [2.45, 2.75) is 42.5 Å². The Morgan fingerprint density at radius 3 is 2.23 bits per heavy atom. The monoisotopic (exact) mass is 446 g/mol. The molecule has 0 saturated carbocycles. The van der Waals surface area contributed by atoms with Crippen LogP contribution in [0, 0.1) is 0 Å². The van der Waals surface area contributed by atoms with E-state index in [1.54, 1.807) is 51.1 Å². The van der Waals surface area contributed by atoms with Gasteiger partial charge in [-0.2, -0.15) is 0 Å². The first kappa shape index (κ1) is 22.7.